The predicted molar refractivity (Wildman–Crippen MR) is 83.4 cm³/mol. The topological polar surface area (TPSA) is 75.7 Å². The molecule has 0 aliphatic rings. The molecule has 0 heterocycles. The smallest absolute Gasteiger partial charge is 0.387 e. The summed E-state index contributed by atoms with van der Waals surface area (Å²) < 4.78 is 33.3. The van der Waals surface area contributed by atoms with Gasteiger partial charge in [0.05, 0.1) is 5.97 Å². The van der Waals surface area contributed by atoms with Crippen LogP contribution in [0.25, 0.3) is 6.08 Å². The summed E-state index contributed by atoms with van der Waals surface area (Å²) in [5, 5.41) is 10.3. The first-order valence-electron chi connectivity index (χ1n) is 7.14. The van der Waals surface area contributed by atoms with Crippen molar-refractivity contribution in [2.75, 3.05) is 6.61 Å². The summed E-state index contributed by atoms with van der Waals surface area (Å²) in [7, 11) is 0. The molecule has 0 aliphatic heterocycles. The standard InChI is InChI=1S/C18H14F2O5/c19-18(20)25-15-8-4-13(5-9-15)16(21)10-3-12-1-6-14(7-2-12)24-11-17(22)23/h1-10,18H,11H2,(H,22,23)/p-1/b10-3+. The Morgan fingerprint density at radius 1 is 1.00 bits per heavy atom. The van der Waals surface area contributed by atoms with Gasteiger partial charge in [0.1, 0.15) is 18.1 Å². The van der Waals surface area contributed by atoms with Crippen molar-refractivity contribution in [1.29, 1.82) is 0 Å². The molecular formula is C18H13F2O5-. The number of hydrogen-bond acceptors (Lipinski definition) is 5. The summed E-state index contributed by atoms with van der Waals surface area (Å²) in [5.41, 5.74) is 1.03. The number of carboxylic acid groups (broad SMARTS) is 1. The second-order valence-electron chi connectivity index (χ2n) is 4.83. The van der Waals surface area contributed by atoms with Crippen LogP contribution in [0, 0.1) is 0 Å². The Morgan fingerprint density at radius 2 is 1.60 bits per heavy atom. The average Bonchev–Trinajstić information content (AvgIpc) is 2.59. The molecule has 25 heavy (non-hydrogen) atoms. The Hall–Kier alpha value is -3.22. The molecule has 0 saturated carbocycles. The van der Waals surface area contributed by atoms with Gasteiger partial charge in [0.15, 0.2) is 5.78 Å². The van der Waals surface area contributed by atoms with Crippen LogP contribution in [0.3, 0.4) is 0 Å². The number of hydrogen-bond donors (Lipinski definition) is 0. The normalized spacial score (nSPS) is 10.8. The number of carbonyl (C=O) groups excluding carboxylic acids is 2. The van der Waals surface area contributed by atoms with Crippen molar-refractivity contribution in [2.45, 2.75) is 6.61 Å². The van der Waals surface area contributed by atoms with Gasteiger partial charge in [0.2, 0.25) is 0 Å². The van der Waals surface area contributed by atoms with Gasteiger partial charge in [-0.05, 0) is 48.0 Å². The molecule has 2 aromatic carbocycles. The maximum absolute atomic E-state index is 12.1. The van der Waals surface area contributed by atoms with E-state index in [1.807, 2.05) is 0 Å². The minimum Gasteiger partial charge on any atom is -0.546 e. The molecule has 0 aliphatic carbocycles. The number of halogens is 2. The van der Waals surface area contributed by atoms with Crippen LogP contribution in [0.15, 0.2) is 54.6 Å². The summed E-state index contributed by atoms with van der Waals surface area (Å²) in [5.74, 6) is -1.29. The molecule has 2 rings (SSSR count). The van der Waals surface area contributed by atoms with E-state index in [1.54, 1.807) is 30.3 Å². The quantitative estimate of drug-likeness (QED) is 0.541. The molecule has 0 bridgehead atoms. The van der Waals surface area contributed by atoms with Crippen LogP contribution < -0.4 is 14.6 Å². The molecule has 130 valence electrons. The molecule has 0 unspecified atom stereocenters. The van der Waals surface area contributed by atoms with Gasteiger partial charge >= 0.3 is 6.61 Å². The van der Waals surface area contributed by atoms with E-state index in [9.17, 15) is 23.5 Å². The molecule has 2 aromatic rings. The fourth-order valence-corrected chi connectivity index (χ4v) is 1.89. The molecule has 0 amide bonds. The zero-order chi connectivity index (χ0) is 18.2. The zero-order valence-electron chi connectivity index (χ0n) is 12.9. The highest BCUT2D eigenvalue weighted by Gasteiger charge is 2.06. The molecule has 0 atom stereocenters. The third-order valence-corrected chi connectivity index (χ3v) is 3.03. The van der Waals surface area contributed by atoms with E-state index in [0.717, 1.165) is 0 Å². The van der Waals surface area contributed by atoms with Gasteiger partial charge in [0.25, 0.3) is 0 Å². The molecule has 0 spiro atoms. The lowest BCUT2D eigenvalue weighted by atomic mass is 10.1. The fourth-order valence-electron chi connectivity index (χ4n) is 1.89. The first-order chi connectivity index (χ1) is 11.9. The van der Waals surface area contributed by atoms with E-state index >= 15 is 0 Å². The highest BCUT2D eigenvalue weighted by atomic mass is 19.3. The summed E-state index contributed by atoms with van der Waals surface area (Å²) >= 11 is 0. The number of benzene rings is 2. The Bertz CT molecular complexity index is 752. The van der Waals surface area contributed by atoms with Gasteiger partial charge < -0.3 is 19.4 Å². The van der Waals surface area contributed by atoms with Gasteiger partial charge in [-0.25, -0.2) is 0 Å². The summed E-state index contributed by atoms with van der Waals surface area (Å²) in [6, 6.07) is 11.8. The SMILES string of the molecule is O=C([O-])COc1ccc(/C=C/C(=O)c2ccc(OC(F)F)cc2)cc1. The molecule has 0 saturated heterocycles. The number of carbonyl (C=O) groups is 2. The van der Waals surface area contributed by atoms with Crippen molar-refractivity contribution < 1.29 is 33.0 Å². The maximum Gasteiger partial charge on any atom is 0.387 e. The third-order valence-electron chi connectivity index (χ3n) is 3.03. The zero-order valence-corrected chi connectivity index (χ0v) is 12.9. The second kappa shape index (κ2) is 8.58. The summed E-state index contributed by atoms with van der Waals surface area (Å²) in [4.78, 5) is 22.3. The lowest BCUT2D eigenvalue weighted by Gasteiger charge is -2.06. The largest absolute Gasteiger partial charge is 0.546 e. The average molecular weight is 347 g/mol. The minimum atomic E-state index is -2.92. The fraction of sp³-hybridized carbons (Fsp3) is 0.111. The number of alkyl halides is 2. The Morgan fingerprint density at radius 3 is 2.16 bits per heavy atom. The minimum absolute atomic E-state index is 0.0253. The highest BCUT2D eigenvalue weighted by Crippen LogP contribution is 2.16. The third kappa shape index (κ3) is 6.06. The number of aliphatic carboxylic acids is 1. The molecule has 7 heteroatoms. The van der Waals surface area contributed by atoms with Crippen LogP contribution in [-0.4, -0.2) is 25.0 Å². The monoisotopic (exact) mass is 347 g/mol. The summed E-state index contributed by atoms with van der Waals surface area (Å²) in [6.45, 7) is -3.46. The van der Waals surface area contributed by atoms with Gasteiger partial charge in [-0.1, -0.05) is 18.2 Å². The molecule has 0 N–H and O–H groups in total. The number of rotatable bonds is 8. The van der Waals surface area contributed by atoms with Crippen LogP contribution in [0.5, 0.6) is 11.5 Å². The van der Waals surface area contributed by atoms with E-state index in [0.29, 0.717) is 16.9 Å². The molecular weight excluding hydrogens is 334 g/mol. The first-order valence-corrected chi connectivity index (χ1v) is 7.14. The van der Waals surface area contributed by atoms with Gasteiger partial charge in [-0.15, -0.1) is 0 Å². The molecule has 0 fully saturated rings. The van der Waals surface area contributed by atoms with Crippen LogP contribution >= 0.6 is 0 Å². The molecule has 0 radical (unpaired) electrons. The lowest BCUT2D eigenvalue weighted by Crippen LogP contribution is -2.28. The van der Waals surface area contributed by atoms with E-state index in [1.165, 1.54) is 30.3 Å². The van der Waals surface area contributed by atoms with E-state index < -0.39 is 19.2 Å². The Kier molecular flexibility index (Phi) is 6.22. The van der Waals surface area contributed by atoms with Crippen molar-refractivity contribution >= 4 is 17.8 Å². The Labute approximate surface area is 142 Å². The highest BCUT2D eigenvalue weighted by molar-refractivity contribution is 6.06. The van der Waals surface area contributed by atoms with Crippen LogP contribution in [-0.2, 0) is 4.79 Å². The number of carboxylic acids is 1. The van der Waals surface area contributed by atoms with E-state index in [-0.39, 0.29) is 11.5 Å². The van der Waals surface area contributed by atoms with Crippen molar-refractivity contribution in [3.8, 4) is 11.5 Å². The van der Waals surface area contributed by atoms with Crippen molar-refractivity contribution in [3.63, 3.8) is 0 Å². The van der Waals surface area contributed by atoms with E-state index in [4.69, 9.17) is 4.74 Å². The molecule has 5 nitrogen and oxygen atoms in total. The Balaban J connectivity index is 1.96. The van der Waals surface area contributed by atoms with Crippen molar-refractivity contribution in [1.82, 2.24) is 0 Å². The number of allylic oxidation sites excluding steroid dienone is 1. The van der Waals surface area contributed by atoms with Crippen LogP contribution in [0.1, 0.15) is 15.9 Å². The van der Waals surface area contributed by atoms with Crippen molar-refractivity contribution in [3.05, 3.63) is 65.7 Å². The maximum atomic E-state index is 12.1. The molecule has 0 aromatic heterocycles. The number of ether oxygens (including phenoxy) is 2. The number of ketones is 1. The van der Waals surface area contributed by atoms with E-state index in [2.05, 4.69) is 4.74 Å². The van der Waals surface area contributed by atoms with Crippen LogP contribution in [0.4, 0.5) is 8.78 Å². The first kappa shape index (κ1) is 18.1. The summed E-state index contributed by atoms with van der Waals surface area (Å²) in [6.07, 6.45) is 2.90. The van der Waals surface area contributed by atoms with Crippen LogP contribution in [0.2, 0.25) is 0 Å². The predicted octanol–water partition coefficient (Wildman–Crippen LogP) is 2.31. The second-order valence-corrected chi connectivity index (χ2v) is 4.83. The van der Waals surface area contributed by atoms with Gasteiger partial charge in [-0.2, -0.15) is 8.78 Å². The van der Waals surface area contributed by atoms with Gasteiger partial charge in [0, 0.05) is 5.56 Å². The van der Waals surface area contributed by atoms with Crippen molar-refractivity contribution in [2.24, 2.45) is 0 Å². The van der Waals surface area contributed by atoms with Gasteiger partial charge in [-0.3, -0.25) is 4.79 Å². The lowest BCUT2D eigenvalue weighted by molar-refractivity contribution is -0.307.